The van der Waals surface area contributed by atoms with Gasteiger partial charge >= 0.3 is 0 Å². The molecule has 0 unspecified atom stereocenters. The molecule has 48 valence electrons. The van der Waals surface area contributed by atoms with Gasteiger partial charge in [-0.3, -0.25) is 5.10 Å². The Hall–Kier alpha value is -1.05. The number of fused-ring (bicyclic) bond motifs is 1. The zero-order valence-corrected chi connectivity index (χ0v) is 5.09. The van der Waals surface area contributed by atoms with Crippen molar-refractivity contribution in [3.63, 3.8) is 0 Å². The first-order valence-corrected chi connectivity index (χ1v) is 3.15. The van der Waals surface area contributed by atoms with Gasteiger partial charge in [-0.05, 0) is 12.8 Å². The van der Waals surface area contributed by atoms with Crippen molar-refractivity contribution in [1.29, 1.82) is 0 Å². The highest BCUT2D eigenvalue weighted by Crippen LogP contribution is 2.14. The molecule has 2 heteroatoms. The molecule has 1 heterocycles. The average Bonchev–Trinajstić information content (AvgIpc) is 2.33. The van der Waals surface area contributed by atoms with Gasteiger partial charge in [-0.25, -0.2) is 0 Å². The molecular formula is C7H10N2. The monoisotopic (exact) mass is 122 g/mol. The standard InChI is InChI=1S/C7H8N2.H2/c1-2-4-7-6(3-1)5-8-9-7;/h1,3,5H,2,4H2,(H,8,9);1H. The molecule has 1 aliphatic carbocycles. The van der Waals surface area contributed by atoms with E-state index in [1.807, 2.05) is 6.20 Å². The second-order valence-electron chi connectivity index (χ2n) is 2.24. The summed E-state index contributed by atoms with van der Waals surface area (Å²) < 4.78 is 0. The summed E-state index contributed by atoms with van der Waals surface area (Å²) in [6, 6.07) is 0. The molecule has 0 saturated heterocycles. The second kappa shape index (κ2) is 1.72. The van der Waals surface area contributed by atoms with Crippen molar-refractivity contribution in [2.75, 3.05) is 0 Å². The number of hydrogen-bond donors (Lipinski definition) is 1. The van der Waals surface area contributed by atoms with Gasteiger partial charge in [0.05, 0.1) is 6.20 Å². The molecule has 1 aromatic heterocycles. The second-order valence-corrected chi connectivity index (χ2v) is 2.24. The Morgan fingerprint density at radius 1 is 1.67 bits per heavy atom. The van der Waals surface area contributed by atoms with Gasteiger partial charge < -0.3 is 0 Å². The fraction of sp³-hybridized carbons (Fsp3) is 0.286. The van der Waals surface area contributed by atoms with Crippen molar-refractivity contribution >= 4 is 6.08 Å². The van der Waals surface area contributed by atoms with Crippen LogP contribution in [0.2, 0.25) is 0 Å². The fourth-order valence-electron chi connectivity index (χ4n) is 1.10. The molecule has 2 rings (SSSR count). The summed E-state index contributed by atoms with van der Waals surface area (Å²) in [6.45, 7) is 0. The summed E-state index contributed by atoms with van der Waals surface area (Å²) in [5.41, 5.74) is 2.53. The van der Waals surface area contributed by atoms with Crippen molar-refractivity contribution in [2.45, 2.75) is 12.8 Å². The largest absolute Gasteiger partial charge is 0.282 e. The molecular weight excluding hydrogens is 112 g/mol. The first-order chi connectivity index (χ1) is 4.47. The van der Waals surface area contributed by atoms with E-state index in [4.69, 9.17) is 0 Å². The van der Waals surface area contributed by atoms with Crippen LogP contribution < -0.4 is 0 Å². The Morgan fingerprint density at radius 3 is 3.56 bits per heavy atom. The van der Waals surface area contributed by atoms with Crippen molar-refractivity contribution < 1.29 is 1.43 Å². The van der Waals surface area contributed by atoms with Gasteiger partial charge in [-0.1, -0.05) is 12.2 Å². The van der Waals surface area contributed by atoms with Gasteiger partial charge in [0.1, 0.15) is 0 Å². The minimum absolute atomic E-state index is 0. The lowest BCUT2D eigenvalue weighted by atomic mass is 10.1. The maximum Gasteiger partial charge on any atom is 0.0562 e. The quantitative estimate of drug-likeness (QED) is 0.556. The summed E-state index contributed by atoms with van der Waals surface area (Å²) >= 11 is 0. The fourth-order valence-corrected chi connectivity index (χ4v) is 1.10. The number of nitrogens with one attached hydrogen (secondary N) is 1. The van der Waals surface area contributed by atoms with Crippen molar-refractivity contribution in [2.24, 2.45) is 0 Å². The van der Waals surface area contributed by atoms with E-state index in [-0.39, 0.29) is 1.43 Å². The van der Waals surface area contributed by atoms with Crippen LogP contribution in [0.5, 0.6) is 0 Å². The summed E-state index contributed by atoms with van der Waals surface area (Å²) in [7, 11) is 0. The lowest BCUT2D eigenvalue weighted by Crippen LogP contribution is -1.90. The highest BCUT2D eigenvalue weighted by atomic mass is 15.1. The number of hydrogen-bond acceptors (Lipinski definition) is 1. The molecule has 0 radical (unpaired) electrons. The van der Waals surface area contributed by atoms with Crippen molar-refractivity contribution in [3.05, 3.63) is 23.5 Å². The first kappa shape index (κ1) is 4.79. The van der Waals surface area contributed by atoms with Gasteiger partial charge in [0.15, 0.2) is 0 Å². The topological polar surface area (TPSA) is 28.7 Å². The van der Waals surface area contributed by atoms with Crippen LogP contribution in [0.15, 0.2) is 12.3 Å². The Kier molecular flexibility index (Phi) is 0.918. The third kappa shape index (κ3) is 0.669. The van der Waals surface area contributed by atoms with E-state index in [1.54, 1.807) is 0 Å². The molecule has 2 nitrogen and oxygen atoms in total. The minimum Gasteiger partial charge on any atom is -0.282 e. The number of H-pyrrole nitrogens is 1. The molecule has 0 atom stereocenters. The third-order valence-corrected chi connectivity index (χ3v) is 1.61. The van der Waals surface area contributed by atoms with E-state index < -0.39 is 0 Å². The van der Waals surface area contributed by atoms with Crippen LogP contribution in [-0.2, 0) is 6.42 Å². The van der Waals surface area contributed by atoms with E-state index >= 15 is 0 Å². The molecule has 0 fully saturated rings. The first-order valence-electron chi connectivity index (χ1n) is 3.15. The summed E-state index contributed by atoms with van der Waals surface area (Å²) in [5, 5.41) is 6.88. The van der Waals surface area contributed by atoms with Crippen molar-refractivity contribution in [3.8, 4) is 0 Å². The highest BCUT2D eigenvalue weighted by molar-refractivity contribution is 5.52. The molecule has 0 amide bonds. The Labute approximate surface area is 55.1 Å². The van der Waals surface area contributed by atoms with Crippen LogP contribution in [0.3, 0.4) is 0 Å². The van der Waals surface area contributed by atoms with Crippen LogP contribution in [-0.4, -0.2) is 10.2 Å². The molecule has 0 aromatic carbocycles. The van der Waals surface area contributed by atoms with E-state index in [1.165, 1.54) is 11.3 Å². The number of aromatic nitrogens is 2. The van der Waals surface area contributed by atoms with Gasteiger partial charge in [0.25, 0.3) is 0 Å². The Balaban J connectivity index is 0.000000500. The third-order valence-electron chi connectivity index (χ3n) is 1.61. The number of allylic oxidation sites excluding steroid dienone is 1. The lowest BCUT2D eigenvalue weighted by molar-refractivity contribution is 0.907. The molecule has 1 aliphatic rings. The Bertz CT molecular complexity index is 240. The lowest BCUT2D eigenvalue weighted by Gasteiger charge is -2.00. The predicted octanol–water partition coefficient (Wildman–Crippen LogP) is 1.62. The van der Waals surface area contributed by atoms with E-state index in [9.17, 15) is 0 Å². The van der Waals surface area contributed by atoms with Gasteiger partial charge in [-0.15, -0.1) is 0 Å². The normalized spacial score (nSPS) is 15.6. The smallest absolute Gasteiger partial charge is 0.0562 e. The van der Waals surface area contributed by atoms with Crippen LogP contribution in [0.1, 0.15) is 19.1 Å². The number of aryl methyl sites for hydroxylation is 1. The molecule has 9 heavy (non-hydrogen) atoms. The zero-order valence-electron chi connectivity index (χ0n) is 5.09. The molecule has 0 bridgehead atoms. The van der Waals surface area contributed by atoms with E-state index in [2.05, 4.69) is 22.3 Å². The number of nitrogens with zero attached hydrogens (tertiary/aromatic N) is 1. The van der Waals surface area contributed by atoms with Crippen LogP contribution in [0.25, 0.3) is 6.08 Å². The molecule has 0 saturated carbocycles. The highest BCUT2D eigenvalue weighted by Gasteiger charge is 2.03. The van der Waals surface area contributed by atoms with Crippen LogP contribution in [0.4, 0.5) is 0 Å². The maximum atomic E-state index is 3.93. The van der Waals surface area contributed by atoms with Gasteiger partial charge in [-0.2, -0.15) is 5.10 Å². The SMILES string of the molecule is C1=Cc2cn[nH]c2CC1.[HH]. The number of aromatic amines is 1. The number of rotatable bonds is 0. The summed E-state index contributed by atoms with van der Waals surface area (Å²) in [5.74, 6) is 0. The van der Waals surface area contributed by atoms with E-state index in [0.717, 1.165) is 12.8 Å². The van der Waals surface area contributed by atoms with Crippen LogP contribution in [0, 0.1) is 0 Å². The zero-order chi connectivity index (χ0) is 6.10. The molecule has 1 N–H and O–H groups in total. The average molecular weight is 122 g/mol. The van der Waals surface area contributed by atoms with Gasteiger partial charge in [0, 0.05) is 12.7 Å². The predicted molar refractivity (Wildman–Crippen MR) is 38.1 cm³/mol. The van der Waals surface area contributed by atoms with Crippen LogP contribution >= 0.6 is 0 Å². The molecule has 0 aliphatic heterocycles. The Morgan fingerprint density at radius 2 is 2.67 bits per heavy atom. The molecule has 1 aromatic rings. The minimum atomic E-state index is 0. The molecule has 0 spiro atoms. The van der Waals surface area contributed by atoms with Gasteiger partial charge in [0.2, 0.25) is 0 Å². The summed E-state index contributed by atoms with van der Waals surface area (Å²) in [6.07, 6.45) is 8.42. The van der Waals surface area contributed by atoms with E-state index in [0.29, 0.717) is 0 Å². The van der Waals surface area contributed by atoms with Crippen molar-refractivity contribution in [1.82, 2.24) is 10.2 Å². The maximum absolute atomic E-state index is 3.93. The summed E-state index contributed by atoms with van der Waals surface area (Å²) in [4.78, 5) is 0.